The molecular weight excluding hydrogens is 411 g/mol. The molecule has 1 saturated heterocycles. The molecule has 2 amide bonds. The third-order valence-corrected chi connectivity index (χ3v) is 5.78. The molecule has 4 rings (SSSR count). The highest BCUT2D eigenvalue weighted by molar-refractivity contribution is 5.78. The number of amides is 2. The summed E-state index contributed by atoms with van der Waals surface area (Å²) in [5.41, 5.74) is 7.67. The van der Waals surface area contributed by atoms with Crippen LogP contribution in [0.4, 0.5) is 26.7 Å². The maximum atomic E-state index is 13.4. The van der Waals surface area contributed by atoms with Crippen LogP contribution in [0, 0.1) is 5.92 Å². The molecule has 1 aromatic carbocycles. The number of carbonyl (C=O) groups is 1. The largest absolute Gasteiger partial charge is 0.439 e. The molecule has 2 aromatic rings. The van der Waals surface area contributed by atoms with E-state index >= 15 is 0 Å². The maximum absolute atomic E-state index is 13.4. The Morgan fingerprint density at radius 1 is 1.30 bits per heavy atom. The summed E-state index contributed by atoms with van der Waals surface area (Å²) in [6, 6.07) is 1.57. The summed E-state index contributed by atoms with van der Waals surface area (Å²) in [6.45, 7) is -0.484. The zero-order chi connectivity index (χ0) is 21.7. The van der Waals surface area contributed by atoms with Gasteiger partial charge in [-0.05, 0) is 36.5 Å². The molecule has 2 heterocycles. The van der Waals surface area contributed by atoms with Gasteiger partial charge in [-0.25, -0.2) is 18.6 Å². The van der Waals surface area contributed by atoms with Crippen molar-refractivity contribution in [1.29, 1.82) is 0 Å². The topological polar surface area (TPSA) is 84.4 Å². The molecule has 0 spiro atoms. The van der Waals surface area contributed by atoms with Gasteiger partial charge in [-0.15, -0.1) is 0 Å². The molecular formula is C19H21F5N4O2. The zero-order valence-electron chi connectivity index (χ0n) is 15.9. The number of hydrogen-bond acceptors (Lipinski definition) is 4. The van der Waals surface area contributed by atoms with E-state index < -0.39 is 36.8 Å². The van der Waals surface area contributed by atoms with E-state index in [0.29, 0.717) is 16.7 Å². The van der Waals surface area contributed by atoms with Crippen LogP contribution < -0.4 is 11.1 Å². The predicted molar refractivity (Wildman–Crippen MR) is 96.6 cm³/mol. The van der Waals surface area contributed by atoms with Gasteiger partial charge in [-0.2, -0.15) is 13.2 Å². The maximum Gasteiger partial charge on any atom is 0.410 e. The van der Waals surface area contributed by atoms with Crippen LogP contribution in [0.2, 0.25) is 0 Å². The van der Waals surface area contributed by atoms with Crippen molar-refractivity contribution in [3.8, 4) is 0 Å². The number of rotatable bonds is 4. The number of aromatic nitrogens is 1. The van der Waals surface area contributed by atoms with Crippen molar-refractivity contribution in [3.63, 3.8) is 0 Å². The van der Waals surface area contributed by atoms with Gasteiger partial charge in [0.25, 0.3) is 0 Å². The number of nitrogens with two attached hydrogens (primary N) is 1. The summed E-state index contributed by atoms with van der Waals surface area (Å²) in [5, 5.41) is 1.92. The average molecular weight is 432 g/mol. The Morgan fingerprint density at radius 2 is 2.00 bits per heavy atom. The highest BCUT2D eigenvalue weighted by atomic mass is 19.4. The molecule has 164 valence electrons. The van der Waals surface area contributed by atoms with Crippen LogP contribution in [-0.4, -0.2) is 40.6 Å². The summed E-state index contributed by atoms with van der Waals surface area (Å²) < 4.78 is 70.8. The van der Waals surface area contributed by atoms with Crippen LogP contribution in [0.15, 0.2) is 22.6 Å². The Hall–Kier alpha value is -2.43. The van der Waals surface area contributed by atoms with E-state index in [9.17, 15) is 26.7 Å². The highest BCUT2D eigenvalue weighted by Crippen LogP contribution is 2.40. The van der Waals surface area contributed by atoms with E-state index in [1.165, 1.54) is 0 Å². The lowest BCUT2D eigenvalue weighted by molar-refractivity contribution is -0.149. The molecule has 6 nitrogen and oxygen atoms in total. The molecule has 0 bridgehead atoms. The molecule has 0 unspecified atom stereocenters. The number of hydrogen-bond donors (Lipinski definition) is 2. The van der Waals surface area contributed by atoms with Crippen molar-refractivity contribution in [1.82, 2.24) is 15.2 Å². The summed E-state index contributed by atoms with van der Waals surface area (Å²) in [5.74, 6) is -2.57. The molecule has 2 fully saturated rings. The molecule has 2 atom stereocenters. The fraction of sp³-hybridized carbons (Fsp3) is 0.579. The van der Waals surface area contributed by atoms with Crippen LogP contribution in [-0.2, 0) is 6.54 Å². The quantitative estimate of drug-likeness (QED) is 0.713. The third-order valence-electron chi connectivity index (χ3n) is 5.78. The van der Waals surface area contributed by atoms with E-state index in [0.717, 1.165) is 4.90 Å². The molecule has 3 N–H and O–H groups in total. The number of benzene rings is 1. The van der Waals surface area contributed by atoms with E-state index in [-0.39, 0.29) is 44.0 Å². The number of alkyl halides is 5. The Bertz CT molecular complexity index is 935. The molecule has 1 aromatic heterocycles. The SMILES string of the molecule is N[C@H](c1nc2cc(CN3C[C@@H](C(F)(F)F)NC3=O)ccc2o1)C1CCC(F)(F)CC1. The van der Waals surface area contributed by atoms with E-state index in [1.54, 1.807) is 18.2 Å². The van der Waals surface area contributed by atoms with E-state index in [2.05, 4.69) is 4.98 Å². The lowest BCUT2D eigenvalue weighted by atomic mass is 9.82. The van der Waals surface area contributed by atoms with Gasteiger partial charge in [0.2, 0.25) is 11.8 Å². The number of nitrogens with zero attached hydrogens (tertiary/aromatic N) is 2. The predicted octanol–water partition coefficient (Wildman–Crippen LogP) is 4.11. The smallest absolute Gasteiger partial charge is 0.410 e. The summed E-state index contributed by atoms with van der Waals surface area (Å²) in [7, 11) is 0. The average Bonchev–Trinajstić information content (AvgIpc) is 3.24. The zero-order valence-corrected chi connectivity index (χ0v) is 15.9. The molecule has 30 heavy (non-hydrogen) atoms. The minimum absolute atomic E-state index is 0.0136. The van der Waals surface area contributed by atoms with E-state index in [1.807, 2.05) is 5.32 Å². The first-order valence-corrected chi connectivity index (χ1v) is 9.67. The van der Waals surface area contributed by atoms with Crippen molar-refractivity contribution < 1.29 is 31.2 Å². The highest BCUT2D eigenvalue weighted by Gasteiger charge is 2.46. The number of halogens is 5. The van der Waals surface area contributed by atoms with Gasteiger partial charge in [0.05, 0.1) is 12.6 Å². The van der Waals surface area contributed by atoms with Crippen LogP contribution in [0.1, 0.15) is 43.2 Å². The van der Waals surface area contributed by atoms with Crippen molar-refractivity contribution >= 4 is 17.1 Å². The van der Waals surface area contributed by atoms with Crippen molar-refractivity contribution in [2.24, 2.45) is 11.7 Å². The minimum atomic E-state index is -4.51. The first-order chi connectivity index (χ1) is 14.0. The summed E-state index contributed by atoms with van der Waals surface area (Å²) in [4.78, 5) is 17.3. The number of urea groups is 1. The molecule has 1 aliphatic carbocycles. The molecule has 0 radical (unpaired) electrons. The third kappa shape index (κ3) is 4.21. The van der Waals surface area contributed by atoms with Crippen LogP contribution in [0.5, 0.6) is 0 Å². The normalized spacial score (nSPS) is 23.7. The molecule has 11 heteroatoms. The van der Waals surface area contributed by atoms with Crippen LogP contribution in [0.25, 0.3) is 11.1 Å². The van der Waals surface area contributed by atoms with Crippen molar-refractivity contribution in [2.75, 3.05) is 6.54 Å². The second-order valence-electron chi connectivity index (χ2n) is 8.00. The minimum Gasteiger partial charge on any atom is -0.439 e. The van der Waals surface area contributed by atoms with Gasteiger partial charge in [-0.1, -0.05) is 6.07 Å². The van der Waals surface area contributed by atoms with Gasteiger partial charge < -0.3 is 20.4 Å². The second kappa shape index (κ2) is 7.36. The Labute approximate surface area is 168 Å². The number of oxazole rings is 1. The molecule has 1 saturated carbocycles. The van der Waals surface area contributed by atoms with Gasteiger partial charge >= 0.3 is 12.2 Å². The van der Waals surface area contributed by atoms with Crippen LogP contribution in [0.3, 0.4) is 0 Å². The Morgan fingerprint density at radius 3 is 2.63 bits per heavy atom. The van der Waals surface area contributed by atoms with E-state index in [4.69, 9.17) is 10.2 Å². The summed E-state index contributed by atoms with van der Waals surface area (Å²) >= 11 is 0. The molecule has 2 aliphatic rings. The van der Waals surface area contributed by atoms with Gasteiger partial charge in [0.1, 0.15) is 11.6 Å². The van der Waals surface area contributed by atoms with Gasteiger partial charge in [0.15, 0.2) is 5.58 Å². The van der Waals surface area contributed by atoms with Crippen molar-refractivity contribution in [2.45, 2.75) is 56.4 Å². The fourth-order valence-corrected chi connectivity index (χ4v) is 3.99. The number of carbonyl (C=O) groups excluding carboxylic acids is 1. The first-order valence-electron chi connectivity index (χ1n) is 9.67. The fourth-order valence-electron chi connectivity index (χ4n) is 3.99. The van der Waals surface area contributed by atoms with Crippen molar-refractivity contribution in [3.05, 3.63) is 29.7 Å². The number of nitrogens with one attached hydrogen (secondary N) is 1. The van der Waals surface area contributed by atoms with Crippen LogP contribution >= 0.6 is 0 Å². The Balaban J connectivity index is 1.46. The first kappa shape index (κ1) is 20.8. The van der Waals surface area contributed by atoms with Gasteiger partial charge in [-0.3, -0.25) is 0 Å². The summed E-state index contributed by atoms with van der Waals surface area (Å²) in [6.07, 6.45) is -4.38. The second-order valence-corrected chi connectivity index (χ2v) is 8.00. The monoisotopic (exact) mass is 432 g/mol. The molecule has 1 aliphatic heterocycles. The lowest BCUT2D eigenvalue weighted by Gasteiger charge is -2.30. The lowest BCUT2D eigenvalue weighted by Crippen LogP contribution is -2.40. The standard InChI is InChI=1S/C19H21F5N4O2/c20-18(21)5-3-11(4-6-18)15(25)16-26-12-7-10(1-2-13(12)30-16)8-28-9-14(19(22,23)24)27-17(28)29/h1-2,7,11,14-15H,3-6,8-9,25H2,(H,27,29)/t14-,15-/m0/s1. The number of fused-ring (bicyclic) bond motifs is 1. The Kier molecular flexibility index (Phi) is 5.11. The van der Waals surface area contributed by atoms with Gasteiger partial charge in [0, 0.05) is 19.4 Å².